The maximum Gasteiger partial charge on any atom is 0.325 e. The Morgan fingerprint density at radius 3 is 2.71 bits per heavy atom. The number of para-hydroxylation sites is 1. The van der Waals surface area contributed by atoms with E-state index in [1.165, 1.54) is 25.1 Å². The molecule has 0 saturated heterocycles. The highest BCUT2D eigenvalue weighted by molar-refractivity contribution is 5.86. The molecule has 0 atom stereocenters. The second-order valence-corrected chi connectivity index (χ2v) is 4.80. The fourth-order valence-corrected chi connectivity index (χ4v) is 1.98. The first-order valence-corrected chi connectivity index (χ1v) is 6.76. The summed E-state index contributed by atoms with van der Waals surface area (Å²) in [5.41, 5.74) is 1.32. The number of carbonyl (C=O) groups is 1. The van der Waals surface area contributed by atoms with Crippen molar-refractivity contribution >= 4 is 17.8 Å². The zero-order valence-electron chi connectivity index (χ0n) is 12.5. The lowest BCUT2D eigenvalue weighted by Crippen LogP contribution is -2.30. The molecular formula is C14H13N5O5. The van der Waals surface area contributed by atoms with Crippen molar-refractivity contribution in [1.29, 1.82) is 0 Å². The van der Waals surface area contributed by atoms with E-state index in [0.29, 0.717) is 0 Å². The molecule has 10 nitrogen and oxygen atoms in total. The van der Waals surface area contributed by atoms with Crippen LogP contribution in [0.4, 0.5) is 5.69 Å². The summed E-state index contributed by atoms with van der Waals surface area (Å²) in [5, 5.41) is 14.5. The van der Waals surface area contributed by atoms with E-state index in [0.717, 1.165) is 6.21 Å². The van der Waals surface area contributed by atoms with Crippen molar-refractivity contribution < 1.29 is 9.72 Å². The van der Waals surface area contributed by atoms with Crippen LogP contribution in [0.15, 0.2) is 39.0 Å². The number of aromatic amines is 2. The van der Waals surface area contributed by atoms with Crippen LogP contribution in [-0.4, -0.2) is 27.0 Å². The van der Waals surface area contributed by atoms with Crippen molar-refractivity contribution in [3.63, 3.8) is 0 Å². The highest BCUT2D eigenvalue weighted by Crippen LogP contribution is 2.14. The number of hydrazone groups is 1. The smallest absolute Gasteiger partial charge is 0.311 e. The SMILES string of the molecule is Cc1[nH]c(=O)[nH]c(=O)c1CC(=O)N/N=C\c1ccccc1[N+](=O)[O-]. The summed E-state index contributed by atoms with van der Waals surface area (Å²) >= 11 is 0. The molecule has 0 aliphatic carbocycles. The van der Waals surface area contributed by atoms with Gasteiger partial charge < -0.3 is 4.98 Å². The molecule has 1 aromatic carbocycles. The molecule has 0 radical (unpaired) electrons. The maximum absolute atomic E-state index is 11.8. The van der Waals surface area contributed by atoms with E-state index < -0.39 is 22.1 Å². The summed E-state index contributed by atoms with van der Waals surface area (Å²) in [6.45, 7) is 1.50. The van der Waals surface area contributed by atoms with E-state index in [4.69, 9.17) is 0 Å². The molecule has 1 heterocycles. The number of nitrogens with one attached hydrogen (secondary N) is 3. The Morgan fingerprint density at radius 1 is 1.33 bits per heavy atom. The van der Waals surface area contributed by atoms with Gasteiger partial charge >= 0.3 is 5.69 Å². The number of benzene rings is 1. The first-order chi connectivity index (χ1) is 11.4. The van der Waals surface area contributed by atoms with Crippen LogP contribution in [0.25, 0.3) is 0 Å². The Morgan fingerprint density at radius 2 is 2.04 bits per heavy atom. The molecule has 0 unspecified atom stereocenters. The third-order valence-electron chi connectivity index (χ3n) is 3.12. The minimum absolute atomic E-state index is 0.105. The van der Waals surface area contributed by atoms with Crippen LogP contribution in [0, 0.1) is 17.0 Å². The van der Waals surface area contributed by atoms with Gasteiger partial charge in [-0.25, -0.2) is 10.2 Å². The van der Waals surface area contributed by atoms with Gasteiger partial charge in [-0.3, -0.25) is 24.7 Å². The molecule has 1 aromatic heterocycles. The van der Waals surface area contributed by atoms with Crippen molar-refractivity contribution in [2.45, 2.75) is 13.3 Å². The van der Waals surface area contributed by atoms with E-state index in [2.05, 4.69) is 15.5 Å². The summed E-state index contributed by atoms with van der Waals surface area (Å²) in [5.74, 6) is -0.606. The zero-order chi connectivity index (χ0) is 17.7. The number of nitro benzene ring substituents is 1. The lowest BCUT2D eigenvalue weighted by molar-refractivity contribution is -0.385. The molecule has 10 heteroatoms. The molecule has 0 saturated carbocycles. The largest absolute Gasteiger partial charge is 0.325 e. The number of hydrogen-bond acceptors (Lipinski definition) is 6. The fourth-order valence-electron chi connectivity index (χ4n) is 1.98. The molecule has 0 fully saturated rings. The van der Waals surface area contributed by atoms with Gasteiger partial charge in [0.25, 0.3) is 11.2 Å². The average molecular weight is 331 g/mol. The van der Waals surface area contributed by atoms with Gasteiger partial charge in [0.1, 0.15) is 0 Å². The highest BCUT2D eigenvalue weighted by Gasteiger charge is 2.12. The number of H-pyrrole nitrogens is 2. The Kier molecular flexibility index (Phi) is 5.00. The van der Waals surface area contributed by atoms with E-state index in [9.17, 15) is 24.5 Å². The Bertz CT molecular complexity index is 928. The molecule has 0 spiro atoms. The predicted molar refractivity (Wildman–Crippen MR) is 85.0 cm³/mol. The molecule has 2 aromatic rings. The number of carbonyl (C=O) groups excluding carboxylic acids is 1. The molecule has 0 aliphatic rings. The summed E-state index contributed by atoms with van der Waals surface area (Å²) in [6, 6.07) is 5.90. The van der Waals surface area contributed by atoms with Crippen LogP contribution in [0.2, 0.25) is 0 Å². The minimum Gasteiger partial charge on any atom is -0.311 e. The molecule has 0 aliphatic heterocycles. The summed E-state index contributed by atoms with van der Waals surface area (Å²) in [4.78, 5) is 49.2. The van der Waals surface area contributed by atoms with Gasteiger partial charge in [-0.1, -0.05) is 12.1 Å². The topological polar surface area (TPSA) is 150 Å². The van der Waals surface area contributed by atoms with Crippen LogP contribution in [0.5, 0.6) is 0 Å². The predicted octanol–water partition coefficient (Wildman–Crippen LogP) is -0.0274. The standard InChI is InChI=1S/C14H13N5O5/c1-8-10(13(21)17-14(22)16-8)6-12(20)18-15-7-9-4-2-3-5-11(9)19(23)24/h2-5,7H,6H2,1H3,(H,18,20)(H2,16,17,21,22)/b15-7-. The average Bonchev–Trinajstić information content (AvgIpc) is 2.51. The summed E-state index contributed by atoms with van der Waals surface area (Å²) in [6.07, 6.45) is 0.839. The zero-order valence-corrected chi connectivity index (χ0v) is 12.5. The Hall–Kier alpha value is -3.56. The van der Waals surface area contributed by atoms with Crippen molar-refractivity contribution in [3.05, 3.63) is 72.0 Å². The quantitative estimate of drug-likeness (QED) is 0.399. The lowest BCUT2D eigenvalue weighted by atomic mass is 10.1. The summed E-state index contributed by atoms with van der Waals surface area (Å²) < 4.78 is 0. The van der Waals surface area contributed by atoms with Crippen LogP contribution < -0.4 is 16.7 Å². The monoisotopic (exact) mass is 331 g/mol. The Balaban J connectivity index is 2.08. The van der Waals surface area contributed by atoms with Crippen molar-refractivity contribution in [2.75, 3.05) is 0 Å². The van der Waals surface area contributed by atoms with Crippen LogP contribution >= 0.6 is 0 Å². The molecule has 2 rings (SSSR count). The highest BCUT2D eigenvalue weighted by atomic mass is 16.6. The number of nitrogens with zero attached hydrogens (tertiary/aromatic N) is 2. The number of aryl methyl sites for hydroxylation is 1. The van der Waals surface area contributed by atoms with Gasteiger partial charge in [-0.2, -0.15) is 5.10 Å². The molecule has 3 N–H and O–H groups in total. The molecule has 124 valence electrons. The third-order valence-corrected chi connectivity index (χ3v) is 3.12. The molecule has 1 amide bonds. The normalized spacial score (nSPS) is 10.7. The van der Waals surface area contributed by atoms with Crippen LogP contribution in [-0.2, 0) is 11.2 Å². The number of rotatable bonds is 5. The fraction of sp³-hybridized carbons (Fsp3) is 0.143. The molecular weight excluding hydrogens is 318 g/mol. The second-order valence-electron chi connectivity index (χ2n) is 4.80. The van der Waals surface area contributed by atoms with Crippen LogP contribution in [0.1, 0.15) is 16.8 Å². The van der Waals surface area contributed by atoms with Gasteiger partial charge in [0.2, 0.25) is 5.91 Å². The number of nitro groups is 1. The first-order valence-electron chi connectivity index (χ1n) is 6.76. The van der Waals surface area contributed by atoms with Gasteiger partial charge in [0.05, 0.1) is 23.1 Å². The maximum atomic E-state index is 11.8. The van der Waals surface area contributed by atoms with Crippen molar-refractivity contribution in [3.8, 4) is 0 Å². The molecule has 0 bridgehead atoms. The van der Waals surface area contributed by atoms with Crippen molar-refractivity contribution in [2.24, 2.45) is 5.10 Å². The van der Waals surface area contributed by atoms with E-state index in [1.807, 2.05) is 4.98 Å². The second kappa shape index (κ2) is 7.13. The summed E-state index contributed by atoms with van der Waals surface area (Å²) in [7, 11) is 0. The van der Waals surface area contributed by atoms with Crippen LogP contribution in [0.3, 0.4) is 0 Å². The van der Waals surface area contributed by atoms with Gasteiger partial charge in [0.15, 0.2) is 0 Å². The van der Waals surface area contributed by atoms with Gasteiger partial charge in [-0.15, -0.1) is 0 Å². The third kappa shape index (κ3) is 4.00. The molecule has 24 heavy (non-hydrogen) atoms. The van der Waals surface area contributed by atoms with E-state index in [1.54, 1.807) is 6.07 Å². The van der Waals surface area contributed by atoms with Crippen molar-refractivity contribution in [1.82, 2.24) is 15.4 Å². The van der Waals surface area contributed by atoms with E-state index >= 15 is 0 Å². The first kappa shape index (κ1) is 16.8. The van der Waals surface area contributed by atoms with Gasteiger partial charge in [0, 0.05) is 17.3 Å². The van der Waals surface area contributed by atoms with Gasteiger partial charge in [-0.05, 0) is 13.0 Å². The minimum atomic E-state index is -0.658. The number of aromatic nitrogens is 2. The number of hydrogen-bond donors (Lipinski definition) is 3. The Labute approximate surface area is 134 Å². The van der Waals surface area contributed by atoms with E-state index in [-0.39, 0.29) is 28.9 Å². The number of amides is 1. The lowest BCUT2D eigenvalue weighted by Gasteiger charge is -2.03.